The molecule has 0 atom stereocenters. The van der Waals surface area contributed by atoms with Crippen molar-refractivity contribution in [2.75, 3.05) is 5.32 Å². The highest BCUT2D eigenvalue weighted by Crippen LogP contribution is 2.21. The minimum absolute atomic E-state index is 0.00934. The molecule has 6 heteroatoms. The first-order valence-corrected chi connectivity index (χ1v) is 10.5. The Bertz CT molecular complexity index is 1150. The van der Waals surface area contributed by atoms with Crippen LogP contribution in [0.3, 0.4) is 0 Å². The molecule has 0 aliphatic rings. The van der Waals surface area contributed by atoms with Gasteiger partial charge >= 0.3 is 0 Å². The number of amides is 1. The van der Waals surface area contributed by atoms with Gasteiger partial charge in [0, 0.05) is 22.3 Å². The third-order valence-electron chi connectivity index (χ3n) is 4.37. The maximum atomic E-state index is 12.6. The Kier molecular flexibility index (Phi) is 7.91. The minimum atomic E-state index is -0.492. The number of rotatable bonds is 8. The summed E-state index contributed by atoms with van der Waals surface area (Å²) in [5, 5.41) is 12.8. The topological polar surface area (TPSA) is 71.3 Å². The number of nitrogens with one attached hydrogen (secondary N) is 1. The minimum Gasteiger partial charge on any atom is -0.491 e. The number of nitrogens with zero attached hydrogens (tertiary/aromatic N) is 1. The summed E-state index contributed by atoms with van der Waals surface area (Å²) >= 11 is 6.14. The zero-order chi connectivity index (χ0) is 22.9. The summed E-state index contributed by atoms with van der Waals surface area (Å²) in [6.07, 6.45) is 1.55. The van der Waals surface area contributed by atoms with Crippen LogP contribution in [-0.4, -0.2) is 12.0 Å². The lowest BCUT2D eigenvalue weighted by molar-refractivity contribution is -0.112. The monoisotopic (exact) mass is 446 g/mol. The lowest BCUT2D eigenvalue weighted by atomic mass is 10.1. The lowest BCUT2D eigenvalue weighted by Gasteiger charge is -2.11. The molecule has 3 aromatic carbocycles. The molecule has 0 unspecified atom stereocenters. The summed E-state index contributed by atoms with van der Waals surface area (Å²) in [7, 11) is 0. The van der Waals surface area contributed by atoms with Gasteiger partial charge in [-0.25, -0.2) is 0 Å². The van der Waals surface area contributed by atoms with E-state index in [0.29, 0.717) is 34.4 Å². The Morgan fingerprint density at radius 1 is 1.06 bits per heavy atom. The maximum Gasteiger partial charge on any atom is 0.266 e. The Morgan fingerprint density at radius 3 is 2.50 bits per heavy atom. The second kappa shape index (κ2) is 11.0. The van der Waals surface area contributed by atoms with E-state index < -0.39 is 5.91 Å². The third kappa shape index (κ3) is 6.63. The number of halogens is 1. The predicted octanol–water partition coefficient (Wildman–Crippen LogP) is 6.25. The molecular weight excluding hydrogens is 424 g/mol. The molecule has 5 nitrogen and oxygen atoms in total. The van der Waals surface area contributed by atoms with Crippen LogP contribution in [0.5, 0.6) is 11.5 Å². The van der Waals surface area contributed by atoms with E-state index in [1.165, 1.54) is 6.08 Å². The van der Waals surface area contributed by atoms with Crippen LogP contribution < -0.4 is 14.8 Å². The van der Waals surface area contributed by atoms with E-state index in [9.17, 15) is 10.1 Å². The van der Waals surface area contributed by atoms with Gasteiger partial charge in [0.15, 0.2) is 0 Å². The van der Waals surface area contributed by atoms with Gasteiger partial charge in [-0.1, -0.05) is 48.0 Å². The van der Waals surface area contributed by atoms with Gasteiger partial charge in [0.25, 0.3) is 5.91 Å². The maximum absolute atomic E-state index is 12.6. The Morgan fingerprint density at radius 2 is 1.81 bits per heavy atom. The standard InChI is InChI=1S/C26H23ClN2O3/c1-18(2)32-24-8-5-7-22(15-24)29-26(30)21(16-28)14-19-10-12-23(13-11-19)31-17-20-6-3-4-9-25(20)27/h3-15,18H,17H2,1-2H3,(H,29,30)/b21-14-. The lowest BCUT2D eigenvalue weighted by Crippen LogP contribution is -2.13. The van der Waals surface area contributed by atoms with E-state index >= 15 is 0 Å². The summed E-state index contributed by atoms with van der Waals surface area (Å²) in [5.41, 5.74) is 2.14. The number of carbonyl (C=O) groups excluding carboxylic acids is 1. The quantitative estimate of drug-likeness (QED) is 0.328. The first-order valence-electron chi connectivity index (χ1n) is 10.1. The van der Waals surface area contributed by atoms with Gasteiger partial charge in [0.05, 0.1) is 6.10 Å². The van der Waals surface area contributed by atoms with Crippen LogP contribution in [0.25, 0.3) is 6.08 Å². The average molecular weight is 447 g/mol. The normalized spacial score (nSPS) is 11.0. The van der Waals surface area contributed by atoms with E-state index in [4.69, 9.17) is 21.1 Å². The summed E-state index contributed by atoms with van der Waals surface area (Å²) in [5.74, 6) is 0.813. The second-order valence-electron chi connectivity index (χ2n) is 7.27. The number of hydrogen-bond donors (Lipinski definition) is 1. The molecular formula is C26H23ClN2O3. The van der Waals surface area contributed by atoms with Crippen LogP contribution in [-0.2, 0) is 11.4 Å². The molecule has 3 aromatic rings. The van der Waals surface area contributed by atoms with Crippen molar-refractivity contribution in [3.63, 3.8) is 0 Å². The van der Waals surface area contributed by atoms with Gasteiger partial charge in [-0.2, -0.15) is 5.26 Å². The number of ether oxygens (including phenoxy) is 2. The SMILES string of the molecule is CC(C)Oc1cccc(NC(=O)/C(C#N)=C\c2ccc(OCc3ccccc3Cl)cc2)c1. The van der Waals surface area contributed by atoms with Crippen molar-refractivity contribution < 1.29 is 14.3 Å². The van der Waals surface area contributed by atoms with Gasteiger partial charge in [0.1, 0.15) is 29.7 Å². The van der Waals surface area contributed by atoms with Crippen molar-refractivity contribution in [2.45, 2.75) is 26.6 Å². The zero-order valence-corrected chi connectivity index (χ0v) is 18.6. The van der Waals surface area contributed by atoms with Crippen molar-refractivity contribution in [2.24, 2.45) is 0 Å². The molecule has 0 aliphatic heterocycles. The van der Waals surface area contributed by atoms with E-state index in [1.54, 1.807) is 42.5 Å². The molecule has 0 saturated heterocycles. The largest absolute Gasteiger partial charge is 0.491 e. The fourth-order valence-electron chi connectivity index (χ4n) is 2.87. The number of benzene rings is 3. The number of carbonyl (C=O) groups is 1. The molecule has 0 spiro atoms. The molecule has 0 radical (unpaired) electrons. The smallest absolute Gasteiger partial charge is 0.266 e. The summed E-state index contributed by atoms with van der Waals surface area (Å²) in [4.78, 5) is 12.6. The molecule has 1 amide bonds. The summed E-state index contributed by atoms with van der Waals surface area (Å²) in [6, 6.07) is 23.6. The molecule has 1 N–H and O–H groups in total. The highest BCUT2D eigenvalue weighted by atomic mass is 35.5. The summed E-state index contributed by atoms with van der Waals surface area (Å²) in [6.45, 7) is 4.20. The van der Waals surface area contributed by atoms with Crippen molar-refractivity contribution in [3.8, 4) is 17.6 Å². The first-order chi connectivity index (χ1) is 15.4. The molecule has 0 heterocycles. The molecule has 0 fully saturated rings. The fraction of sp³-hybridized carbons (Fsp3) is 0.154. The average Bonchev–Trinajstić information content (AvgIpc) is 2.77. The number of anilines is 1. The number of nitriles is 1. The Labute approximate surface area is 192 Å². The van der Waals surface area contributed by atoms with Gasteiger partial charge < -0.3 is 14.8 Å². The molecule has 162 valence electrons. The van der Waals surface area contributed by atoms with Crippen LogP contribution in [0.15, 0.2) is 78.4 Å². The Hall–Kier alpha value is -3.75. The van der Waals surface area contributed by atoms with Crippen molar-refractivity contribution >= 4 is 29.3 Å². The Balaban J connectivity index is 1.65. The van der Waals surface area contributed by atoms with Crippen LogP contribution in [0.1, 0.15) is 25.0 Å². The van der Waals surface area contributed by atoms with Crippen LogP contribution >= 0.6 is 11.6 Å². The zero-order valence-electron chi connectivity index (χ0n) is 17.8. The van der Waals surface area contributed by atoms with Gasteiger partial charge in [0.2, 0.25) is 0 Å². The van der Waals surface area contributed by atoms with E-state index in [1.807, 2.05) is 50.2 Å². The first kappa shape index (κ1) is 22.9. The molecule has 0 bridgehead atoms. The summed E-state index contributed by atoms with van der Waals surface area (Å²) < 4.78 is 11.4. The molecule has 0 aliphatic carbocycles. The molecule has 0 saturated carbocycles. The highest BCUT2D eigenvalue weighted by molar-refractivity contribution is 6.31. The second-order valence-corrected chi connectivity index (χ2v) is 7.67. The molecule has 3 rings (SSSR count). The predicted molar refractivity (Wildman–Crippen MR) is 127 cm³/mol. The fourth-order valence-corrected chi connectivity index (χ4v) is 3.06. The third-order valence-corrected chi connectivity index (χ3v) is 4.74. The molecule has 0 aromatic heterocycles. The van der Waals surface area contributed by atoms with E-state index in [0.717, 1.165) is 5.56 Å². The van der Waals surface area contributed by atoms with Crippen molar-refractivity contribution in [1.82, 2.24) is 0 Å². The van der Waals surface area contributed by atoms with Crippen LogP contribution in [0.4, 0.5) is 5.69 Å². The number of hydrogen-bond acceptors (Lipinski definition) is 4. The van der Waals surface area contributed by atoms with E-state index in [2.05, 4.69) is 5.32 Å². The van der Waals surface area contributed by atoms with Gasteiger partial charge in [-0.05, 0) is 55.8 Å². The molecule has 32 heavy (non-hydrogen) atoms. The van der Waals surface area contributed by atoms with Crippen LogP contribution in [0, 0.1) is 11.3 Å². The van der Waals surface area contributed by atoms with Crippen molar-refractivity contribution in [1.29, 1.82) is 5.26 Å². The van der Waals surface area contributed by atoms with E-state index in [-0.39, 0.29) is 11.7 Å². The van der Waals surface area contributed by atoms with Gasteiger partial charge in [-0.3, -0.25) is 4.79 Å². The van der Waals surface area contributed by atoms with Gasteiger partial charge in [-0.15, -0.1) is 0 Å². The highest BCUT2D eigenvalue weighted by Gasteiger charge is 2.10. The van der Waals surface area contributed by atoms with Crippen LogP contribution in [0.2, 0.25) is 5.02 Å². The van der Waals surface area contributed by atoms with Crippen molar-refractivity contribution in [3.05, 3.63) is 94.5 Å².